The fourth-order valence-corrected chi connectivity index (χ4v) is 3.53. The van der Waals surface area contributed by atoms with E-state index in [0.717, 1.165) is 19.3 Å². The molecule has 0 bridgehead atoms. The highest BCUT2D eigenvalue weighted by Crippen LogP contribution is 2.34. The molecule has 4 nitrogen and oxygen atoms in total. The number of rotatable bonds is 4. The number of hydrogen-bond acceptors (Lipinski definition) is 2. The van der Waals surface area contributed by atoms with Gasteiger partial charge in [-0.25, -0.2) is 0 Å². The summed E-state index contributed by atoms with van der Waals surface area (Å²) in [7, 11) is 0. The van der Waals surface area contributed by atoms with Gasteiger partial charge in [0.2, 0.25) is 11.8 Å². The second-order valence-corrected chi connectivity index (χ2v) is 6.38. The van der Waals surface area contributed by atoms with E-state index in [-0.39, 0.29) is 11.8 Å². The van der Waals surface area contributed by atoms with Gasteiger partial charge in [-0.15, -0.1) is 0 Å². The Kier molecular flexibility index (Phi) is 4.65. The van der Waals surface area contributed by atoms with E-state index in [1.807, 2.05) is 6.07 Å². The fraction of sp³-hybridized carbons (Fsp3) is 0.300. The number of hydrogen-bond donors (Lipinski definition) is 2. The molecule has 0 spiro atoms. The number of amides is 2. The first-order valence-corrected chi connectivity index (χ1v) is 8.33. The molecule has 2 amide bonds. The zero-order valence-corrected chi connectivity index (χ0v) is 13.8. The molecule has 4 heteroatoms. The molecular formula is C20H22N2O2. The van der Waals surface area contributed by atoms with E-state index >= 15 is 0 Å². The highest BCUT2D eigenvalue weighted by molar-refractivity contribution is 5.98. The molecule has 0 heterocycles. The van der Waals surface area contributed by atoms with E-state index < -0.39 is 5.91 Å². The van der Waals surface area contributed by atoms with Crippen molar-refractivity contribution < 1.29 is 9.59 Å². The van der Waals surface area contributed by atoms with E-state index in [2.05, 4.69) is 23.5 Å². The third-order valence-corrected chi connectivity index (χ3v) is 4.80. The maximum absolute atomic E-state index is 12.5. The number of carbonyl (C=O) groups is 2. The topological polar surface area (TPSA) is 72.2 Å². The van der Waals surface area contributed by atoms with Gasteiger partial charge in [0.05, 0.1) is 0 Å². The van der Waals surface area contributed by atoms with Crippen molar-refractivity contribution in [1.82, 2.24) is 0 Å². The fourth-order valence-electron chi connectivity index (χ4n) is 3.53. The molecule has 2 aromatic carbocycles. The Morgan fingerprint density at radius 1 is 1.17 bits per heavy atom. The van der Waals surface area contributed by atoms with Crippen molar-refractivity contribution in [1.29, 1.82) is 0 Å². The van der Waals surface area contributed by atoms with E-state index in [0.29, 0.717) is 23.2 Å². The molecule has 0 saturated heterocycles. The molecule has 0 unspecified atom stereocenters. The molecule has 2 aromatic rings. The Hall–Kier alpha value is -2.62. The molecular weight excluding hydrogens is 300 g/mol. The quantitative estimate of drug-likeness (QED) is 0.903. The molecule has 1 atom stereocenters. The Labute approximate surface area is 142 Å². The molecule has 0 aliphatic heterocycles. The minimum atomic E-state index is -0.482. The minimum absolute atomic E-state index is 0.0265. The number of primary amides is 1. The second kappa shape index (κ2) is 6.87. The maximum atomic E-state index is 12.5. The van der Waals surface area contributed by atoms with Crippen molar-refractivity contribution in [2.75, 3.05) is 5.32 Å². The Morgan fingerprint density at radius 2 is 1.96 bits per heavy atom. The zero-order chi connectivity index (χ0) is 17.1. The largest absolute Gasteiger partial charge is 0.366 e. The van der Waals surface area contributed by atoms with Crippen molar-refractivity contribution >= 4 is 17.5 Å². The van der Waals surface area contributed by atoms with Crippen LogP contribution in [0.2, 0.25) is 0 Å². The molecule has 3 rings (SSSR count). The van der Waals surface area contributed by atoms with Crippen LogP contribution in [0.5, 0.6) is 0 Å². The van der Waals surface area contributed by atoms with Crippen LogP contribution in [-0.2, 0) is 11.2 Å². The molecule has 1 aliphatic rings. The van der Waals surface area contributed by atoms with Gasteiger partial charge in [-0.3, -0.25) is 9.59 Å². The number of fused-ring (bicyclic) bond motifs is 1. The third kappa shape index (κ3) is 3.32. The van der Waals surface area contributed by atoms with Gasteiger partial charge >= 0.3 is 0 Å². The number of anilines is 1. The van der Waals surface area contributed by atoms with E-state index in [9.17, 15) is 9.59 Å². The summed E-state index contributed by atoms with van der Waals surface area (Å²) >= 11 is 0. The van der Waals surface area contributed by atoms with Crippen molar-refractivity contribution in [3.8, 4) is 0 Å². The Morgan fingerprint density at radius 3 is 2.75 bits per heavy atom. The van der Waals surface area contributed by atoms with Crippen LogP contribution in [0.1, 0.15) is 52.2 Å². The Bertz CT molecular complexity index is 783. The number of carbonyl (C=O) groups excluding carboxylic acids is 2. The number of nitrogens with two attached hydrogens (primary N) is 1. The first-order chi connectivity index (χ1) is 11.6. The summed E-state index contributed by atoms with van der Waals surface area (Å²) in [5.74, 6) is -0.249. The summed E-state index contributed by atoms with van der Waals surface area (Å²) in [4.78, 5) is 23.9. The van der Waals surface area contributed by atoms with E-state index in [4.69, 9.17) is 5.73 Å². The predicted octanol–water partition coefficient (Wildman–Crippen LogP) is 3.54. The van der Waals surface area contributed by atoms with Gasteiger partial charge in [-0.1, -0.05) is 30.3 Å². The van der Waals surface area contributed by atoms with Crippen LogP contribution in [0.3, 0.4) is 0 Å². The maximum Gasteiger partial charge on any atom is 0.249 e. The average Bonchev–Trinajstić information content (AvgIpc) is 2.57. The summed E-state index contributed by atoms with van der Waals surface area (Å²) in [5.41, 5.74) is 9.82. The van der Waals surface area contributed by atoms with Crippen LogP contribution >= 0.6 is 0 Å². The molecule has 0 fully saturated rings. The lowest BCUT2D eigenvalue weighted by Crippen LogP contribution is -2.20. The van der Waals surface area contributed by atoms with Gasteiger partial charge in [0.1, 0.15) is 0 Å². The molecule has 0 radical (unpaired) electrons. The van der Waals surface area contributed by atoms with Crippen molar-refractivity contribution in [2.24, 2.45) is 5.73 Å². The molecule has 24 heavy (non-hydrogen) atoms. The first kappa shape index (κ1) is 16.2. The van der Waals surface area contributed by atoms with Gasteiger partial charge in [0.25, 0.3) is 0 Å². The average molecular weight is 322 g/mol. The lowest BCUT2D eigenvalue weighted by molar-refractivity contribution is -0.116. The lowest BCUT2D eigenvalue weighted by Gasteiger charge is -2.25. The normalized spacial score (nSPS) is 16.3. The van der Waals surface area contributed by atoms with Crippen LogP contribution < -0.4 is 11.1 Å². The standard InChI is InChI=1S/C20H22N2O2/c1-13-16(20(21)24)10-5-11-18(13)22-19(23)12-15-8-4-7-14-6-2-3-9-17(14)15/h2-3,5-6,9-11,15H,4,7-8,12H2,1H3,(H2,21,24)(H,22,23)/t15-/m1/s1. The van der Waals surface area contributed by atoms with Gasteiger partial charge in [-0.2, -0.15) is 0 Å². The smallest absolute Gasteiger partial charge is 0.249 e. The summed E-state index contributed by atoms with van der Waals surface area (Å²) in [6.45, 7) is 1.80. The monoisotopic (exact) mass is 322 g/mol. The van der Waals surface area contributed by atoms with Crippen molar-refractivity contribution in [3.63, 3.8) is 0 Å². The predicted molar refractivity (Wildman–Crippen MR) is 95.1 cm³/mol. The lowest BCUT2D eigenvalue weighted by atomic mass is 9.81. The first-order valence-electron chi connectivity index (χ1n) is 8.33. The van der Waals surface area contributed by atoms with Gasteiger partial charge < -0.3 is 11.1 Å². The van der Waals surface area contributed by atoms with Crippen molar-refractivity contribution in [2.45, 2.75) is 38.5 Å². The molecule has 0 saturated carbocycles. The van der Waals surface area contributed by atoms with E-state index in [1.54, 1.807) is 25.1 Å². The minimum Gasteiger partial charge on any atom is -0.366 e. The van der Waals surface area contributed by atoms with Gasteiger partial charge in [-0.05, 0) is 60.9 Å². The number of benzene rings is 2. The molecule has 3 N–H and O–H groups in total. The van der Waals surface area contributed by atoms with Crippen LogP contribution in [0, 0.1) is 6.92 Å². The SMILES string of the molecule is Cc1c(NC(=O)C[C@H]2CCCc3ccccc32)cccc1C(N)=O. The van der Waals surface area contributed by atoms with Crippen molar-refractivity contribution in [3.05, 3.63) is 64.7 Å². The van der Waals surface area contributed by atoms with Crippen LogP contribution in [0.25, 0.3) is 0 Å². The molecule has 124 valence electrons. The zero-order valence-electron chi connectivity index (χ0n) is 13.8. The van der Waals surface area contributed by atoms with Gasteiger partial charge in [0, 0.05) is 17.7 Å². The van der Waals surface area contributed by atoms with E-state index in [1.165, 1.54) is 11.1 Å². The van der Waals surface area contributed by atoms with Gasteiger partial charge in [0.15, 0.2) is 0 Å². The molecule has 1 aliphatic carbocycles. The highest BCUT2D eigenvalue weighted by Gasteiger charge is 2.22. The highest BCUT2D eigenvalue weighted by atomic mass is 16.2. The van der Waals surface area contributed by atoms with Crippen LogP contribution in [-0.4, -0.2) is 11.8 Å². The summed E-state index contributed by atoms with van der Waals surface area (Å²) in [5, 5.41) is 2.94. The second-order valence-electron chi connectivity index (χ2n) is 6.38. The summed E-state index contributed by atoms with van der Waals surface area (Å²) in [6.07, 6.45) is 3.70. The number of aryl methyl sites for hydroxylation is 1. The third-order valence-electron chi connectivity index (χ3n) is 4.80. The number of nitrogens with one attached hydrogen (secondary N) is 1. The molecule has 0 aromatic heterocycles. The summed E-state index contributed by atoms with van der Waals surface area (Å²) < 4.78 is 0. The Balaban J connectivity index is 1.74. The van der Waals surface area contributed by atoms with Crippen LogP contribution in [0.15, 0.2) is 42.5 Å². The summed E-state index contributed by atoms with van der Waals surface area (Å²) in [6, 6.07) is 13.6. The van der Waals surface area contributed by atoms with Crippen LogP contribution in [0.4, 0.5) is 5.69 Å².